The summed E-state index contributed by atoms with van der Waals surface area (Å²) in [5.41, 5.74) is 3.62. The zero-order chi connectivity index (χ0) is 26.9. The number of nitrogens with zero attached hydrogens (tertiary/aromatic N) is 2. The standard InChI is InChI=1S/C26H30N4O6S2/c1-15-20(25-21-10-19(34-2)6-4-17(21)7-8-35-25)11-23(37-15)24(31)22-12-28-14-29-26(22)30-18-5-3-16(9-18)13-36-38(27,32)33/h4,6,10-12,14,16,18,25H,3,5,7-9,13H2,1-2H3,(H2,27,32,33)(H,28,29,30)/t16-,18+,25?/m1/s1. The van der Waals surface area contributed by atoms with Gasteiger partial charge in [0.2, 0.25) is 5.78 Å². The Kier molecular flexibility index (Phi) is 7.78. The van der Waals surface area contributed by atoms with Gasteiger partial charge in [0.05, 0.1) is 30.8 Å². The number of anilines is 1. The van der Waals surface area contributed by atoms with Crippen molar-refractivity contribution in [2.75, 3.05) is 25.6 Å². The van der Waals surface area contributed by atoms with Crippen LogP contribution in [0.1, 0.15) is 62.2 Å². The molecule has 12 heteroatoms. The summed E-state index contributed by atoms with van der Waals surface area (Å²) < 4.78 is 38.6. The number of nitrogens with one attached hydrogen (secondary N) is 1. The van der Waals surface area contributed by atoms with Crippen LogP contribution in [0, 0.1) is 12.8 Å². The van der Waals surface area contributed by atoms with Crippen LogP contribution < -0.4 is 15.2 Å². The van der Waals surface area contributed by atoms with E-state index < -0.39 is 10.3 Å². The summed E-state index contributed by atoms with van der Waals surface area (Å²) in [6.07, 6.45) is 5.74. The first kappa shape index (κ1) is 26.7. The van der Waals surface area contributed by atoms with Gasteiger partial charge in [-0.15, -0.1) is 11.3 Å². The second kappa shape index (κ2) is 11.1. The number of hydrogen-bond acceptors (Lipinski definition) is 10. The fourth-order valence-corrected chi connectivity index (χ4v) is 6.54. The molecule has 0 amide bonds. The van der Waals surface area contributed by atoms with Crippen molar-refractivity contribution in [2.24, 2.45) is 11.1 Å². The number of carbonyl (C=O) groups is 1. The lowest BCUT2D eigenvalue weighted by atomic mass is 9.92. The van der Waals surface area contributed by atoms with Crippen LogP contribution in [0.3, 0.4) is 0 Å². The highest BCUT2D eigenvalue weighted by atomic mass is 32.2. The third kappa shape index (κ3) is 5.89. The van der Waals surface area contributed by atoms with Gasteiger partial charge in [0.1, 0.15) is 24.0 Å². The first-order valence-corrected chi connectivity index (χ1v) is 14.7. The van der Waals surface area contributed by atoms with E-state index in [1.54, 1.807) is 7.11 Å². The Morgan fingerprint density at radius 2 is 2.11 bits per heavy atom. The smallest absolute Gasteiger partial charge is 0.333 e. The normalized spacial score (nSPS) is 21.2. The van der Waals surface area contributed by atoms with Gasteiger partial charge in [-0.3, -0.25) is 8.98 Å². The Morgan fingerprint density at radius 1 is 1.26 bits per heavy atom. The Bertz CT molecular complexity index is 1440. The third-order valence-electron chi connectivity index (χ3n) is 7.06. The van der Waals surface area contributed by atoms with E-state index >= 15 is 0 Å². The van der Waals surface area contributed by atoms with Crippen molar-refractivity contribution in [3.63, 3.8) is 0 Å². The Labute approximate surface area is 225 Å². The number of ketones is 1. The molecule has 1 aromatic carbocycles. The van der Waals surface area contributed by atoms with Crippen molar-refractivity contribution in [1.29, 1.82) is 0 Å². The average Bonchev–Trinajstić information content (AvgIpc) is 3.52. The van der Waals surface area contributed by atoms with E-state index in [2.05, 4.69) is 21.4 Å². The largest absolute Gasteiger partial charge is 0.497 e. The molecule has 0 radical (unpaired) electrons. The number of benzene rings is 1. The molecule has 1 fully saturated rings. The van der Waals surface area contributed by atoms with E-state index in [0.29, 0.717) is 29.3 Å². The topological polar surface area (TPSA) is 143 Å². The minimum absolute atomic E-state index is 0.0216. The van der Waals surface area contributed by atoms with Crippen molar-refractivity contribution < 1.29 is 26.9 Å². The summed E-state index contributed by atoms with van der Waals surface area (Å²) >= 11 is 1.43. The molecule has 2 aromatic heterocycles. The van der Waals surface area contributed by atoms with Gasteiger partial charge >= 0.3 is 10.3 Å². The molecule has 0 bridgehead atoms. The van der Waals surface area contributed by atoms with Gasteiger partial charge in [0, 0.05) is 17.1 Å². The Hall–Kier alpha value is -2.90. The van der Waals surface area contributed by atoms with Crippen molar-refractivity contribution >= 4 is 33.2 Å². The van der Waals surface area contributed by atoms with E-state index in [1.807, 2.05) is 25.1 Å². The van der Waals surface area contributed by atoms with Crippen molar-refractivity contribution in [3.8, 4) is 5.75 Å². The number of thiophene rings is 1. The number of methoxy groups -OCH3 is 1. The summed E-state index contributed by atoms with van der Waals surface area (Å²) in [6, 6.07) is 7.97. The monoisotopic (exact) mass is 558 g/mol. The molecule has 0 saturated heterocycles. The fourth-order valence-electron chi connectivity index (χ4n) is 5.16. The molecule has 3 aromatic rings. The molecule has 1 aliphatic heterocycles. The molecule has 3 heterocycles. The number of ether oxygens (including phenoxy) is 2. The van der Waals surface area contributed by atoms with Gasteiger partial charge in [0.25, 0.3) is 0 Å². The third-order valence-corrected chi connectivity index (χ3v) is 8.59. The Morgan fingerprint density at radius 3 is 2.89 bits per heavy atom. The zero-order valence-electron chi connectivity index (χ0n) is 21.2. The second-order valence-electron chi connectivity index (χ2n) is 9.60. The average molecular weight is 559 g/mol. The van der Waals surface area contributed by atoms with E-state index in [9.17, 15) is 13.2 Å². The maximum absolute atomic E-state index is 13.6. The number of aryl methyl sites for hydroxylation is 1. The molecule has 1 aliphatic carbocycles. The number of nitrogens with two attached hydrogens (primary N) is 1. The predicted octanol–water partition coefficient (Wildman–Crippen LogP) is 3.55. The van der Waals surface area contributed by atoms with Crippen LogP contribution in [0.5, 0.6) is 5.75 Å². The van der Waals surface area contributed by atoms with Crippen LogP contribution in [0.2, 0.25) is 0 Å². The van der Waals surface area contributed by atoms with Crippen LogP contribution in [-0.2, 0) is 25.6 Å². The number of hydrogen-bond donors (Lipinski definition) is 2. The highest BCUT2D eigenvalue weighted by Crippen LogP contribution is 2.40. The van der Waals surface area contributed by atoms with E-state index in [0.717, 1.165) is 41.0 Å². The summed E-state index contributed by atoms with van der Waals surface area (Å²) in [7, 11) is -2.32. The molecule has 0 spiro atoms. The molecule has 1 unspecified atom stereocenters. The highest BCUT2D eigenvalue weighted by molar-refractivity contribution is 7.84. The lowest BCUT2D eigenvalue weighted by Gasteiger charge is -2.26. The summed E-state index contributed by atoms with van der Waals surface area (Å²) in [5.74, 6) is 1.11. The number of rotatable bonds is 9. The van der Waals surface area contributed by atoms with Crippen LogP contribution in [0.4, 0.5) is 5.82 Å². The quantitative estimate of drug-likeness (QED) is 0.377. The lowest BCUT2D eigenvalue weighted by Crippen LogP contribution is -2.22. The van der Waals surface area contributed by atoms with Crippen molar-refractivity contribution in [1.82, 2.24) is 9.97 Å². The molecule has 10 nitrogen and oxygen atoms in total. The molecule has 3 atom stereocenters. The molecule has 5 rings (SSSR count). The fraction of sp³-hybridized carbons (Fsp3) is 0.423. The van der Waals surface area contributed by atoms with Crippen molar-refractivity contribution in [2.45, 2.75) is 44.8 Å². The maximum Gasteiger partial charge on any atom is 0.333 e. The molecule has 38 heavy (non-hydrogen) atoms. The van der Waals surface area contributed by atoms with E-state index in [4.69, 9.17) is 18.8 Å². The predicted molar refractivity (Wildman–Crippen MR) is 143 cm³/mol. The molecule has 3 N–H and O–H groups in total. The molecule has 2 aliphatic rings. The minimum Gasteiger partial charge on any atom is -0.497 e. The summed E-state index contributed by atoms with van der Waals surface area (Å²) in [5, 5.41) is 8.30. The van der Waals surface area contributed by atoms with Gasteiger partial charge in [0.15, 0.2) is 0 Å². The van der Waals surface area contributed by atoms with Gasteiger partial charge in [-0.25, -0.2) is 15.1 Å². The van der Waals surface area contributed by atoms with Crippen LogP contribution in [0.25, 0.3) is 0 Å². The molecular weight excluding hydrogens is 528 g/mol. The molecular formula is C26H30N4O6S2. The van der Waals surface area contributed by atoms with Crippen LogP contribution in [0.15, 0.2) is 36.8 Å². The van der Waals surface area contributed by atoms with Gasteiger partial charge in [-0.05, 0) is 73.4 Å². The minimum atomic E-state index is -3.97. The van der Waals surface area contributed by atoms with Gasteiger partial charge < -0.3 is 14.8 Å². The van der Waals surface area contributed by atoms with E-state index in [-0.39, 0.29) is 30.5 Å². The summed E-state index contributed by atoms with van der Waals surface area (Å²) in [6.45, 7) is 2.65. The van der Waals surface area contributed by atoms with Gasteiger partial charge in [-0.2, -0.15) is 8.42 Å². The SMILES string of the molecule is COc1ccc2c(c1)C(c1cc(C(=O)c3cncnc3N[C@H]3CC[C@@H](COS(N)(=O)=O)C3)sc1C)OCC2. The molecule has 1 saturated carbocycles. The first-order chi connectivity index (χ1) is 18.2. The number of fused-ring (bicyclic) bond motifs is 1. The lowest BCUT2D eigenvalue weighted by molar-refractivity contribution is 0.0695. The van der Waals surface area contributed by atoms with Crippen molar-refractivity contribution in [3.05, 3.63) is 68.8 Å². The van der Waals surface area contributed by atoms with E-state index in [1.165, 1.54) is 29.4 Å². The Balaban J connectivity index is 1.34. The molecule has 202 valence electrons. The van der Waals surface area contributed by atoms with Gasteiger partial charge in [-0.1, -0.05) is 6.07 Å². The first-order valence-electron chi connectivity index (χ1n) is 12.4. The highest BCUT2D eigenvalue weighted by Gasteiger charge is 2.30. The summed E-state index contributed by atoms with van der Waals surface area (Å²) in [4.78, 5) is 23.7. The van der Waals surface area contributed by atoms with Crippen LogP contribution >= 0.6 is 11.3 Å². The number of aromatic nitrogens is 2. The maximum atomic E-state index is 13.6. The zero-order valence-corrected chi connectivity index (χ0v) is 22.8. The second-order valence-corrected chi connectivity index (χ2v) is 12.1. The number of carbonyl (C=O) groups excluding carboxylic acids is 1. The van der Waals surface area contributed by atoms with Crippen LogP contribution in [-0.4, -0.2) is 50.5 Å².